The highest BCUT2D eigenvalue weighted by atomic mass is 32.2. The van der Waals surface area contributed by atoms with E-state index in [2.05, 4.69) is 6.07 Å². The molecule has 0 aromatic heterocycles. The molecule has 0 spiro atoms. The van der Waals surface area contributed by atoms with Crippen LogP contribution in [0.1, 0.15) is 36.8 Å². The lowest BCUT2D eigenvalue weighted by molar-refractivity contribution is -0.137. The molecule has 3 nitrogen and oxygen atoms in total. The summed E-state index contributed by atoms with van der Waals surface area (Å²) in [5, 5.41) is 8.48. The molecular weight excluding hydrogens is 248 g/mol. The van der Waals surface area contributed by atoms with E-state index in [1.54, 1.807) is 0 Å². The molecule has 1 N–H and O–H groups in total. The van der Waals surface area contributed by atoms with Crippen LogP contribution in [0.25, 0.3) is 0 Å². The van der Waals surface area contributed by atoms with Gasteiger partial charge in [-0.05, 0) is 25.3 Å². The number of benzene rings is 1. The summed E-state index contributed by atoms with van der Waals surface area (Å²) in [6.07, 6.45) is 2.57. The average molecular weight is 268 g/mol. The van der Waals surface area contributed by atoms with Gasteiger partial charge in [0.1, 0.15) is 0 Å². The van der Waals surface area contributed by atoms with Crippen molar-refractivity contribution in [3.63, 3.8) is 0 Å². The topological polar surface area (TPSA) is 54.4 Å². The minimum Gasteiger partial charge on any atom is -0.481 e. The van der Waals surface area contributed by atoms with Gasteiger partial charge >= 0.3 is 5.97 Å². The normalized spacial score (nSPS) is 12.3. The van der Waals surface area contributed by atoms with E-state index in [-0.39, 0.29) is 6.42 Å². The highest BCUT2D eigenvalue weighted by Gasteiger charge is 2.03. The second kappa shape index (κ2) is 8.03. The Bertz CT molecular complexity index is 415. The molecule has 0 heterocycles. The van der Waals surface area contributed by atoms with Gasteiger partial charge in [-0.25, -0.2) is 0 Å². The van der Waals surface area contributed by atoms with Gasteiger partial charge in [0.2, 0.25) is 0 Å². The van der Waals surface area contributed by atoms with E-state index in [0.717, 1.165) is 18.4 Å². The van der Waals surface area contributed by atoms with Gasteiger partial charge in [-0.2, -0.15) is 0 Å². The molecule has 0 fully saturated rings. The molecule has 0 saturated carbocycles. The Hall–Kier alpha value is -1.16. The van der Waals surface area contributed by atoms with E-state index in [9.17, 15) is 9.00 Å². The Balaban J connectivity index is 2.20. The van der Waals surface area contributed by atoms with Crippen LogP contribution in [0.4, 0.5) is 0 Å². The van der Waals surface area contributed by atoms with Gasteiger partial charge in [-0.15, -0.1) is 0 Å². The molecule has 0 amide bonds. The Morgan fingerprint density at radius 1 is 1.28 bits per heavy atom. The number of carboxylic acids is 1. The molecule has 18 heavy (non-hydrogen) atoms. The first-order valence-electron chi connectivity index (χ1n) is 6.20. The fraction of sp³-hybridized carbons (Fsp3) is 0.500. The van der Waals surface area contributed by atoms with E-state index >= 15 is 0 Å². The zero-order valence-electron chi connectivity index (χ0n) is 10.7. The van der Waals surface area contributed by atoms with E-state index in [0.29, 0.717) is 17.9 Å². The van der Waals surface area contributed by atoms with Crippen LogP contribution >= 0.6 is 0 Å². The lowest BCUT2D eigenvalue weighted by Gasteiger charge is -2.03. The van der Waals surface area contributed by atoms with Crippen LogP contribution in [0.15, 0.2) is 24.3 Å². The summed E-state index contributed by atoms with van der Waals surface area (Å²) >= 11 is 0. The maximum atomic E-state index is 11.8. The van der Waals surface area contributed by atoms with Gasteiger partial charge in [0.05, 0.1) is 0 Å². The fourth-order valence-corrected chi connectivity index (χ4v) is 3.00. The van der Waals surface area contributed by atoms with Crippen LogP contribution in [0.3, 0.4) is 0 Å². The summed E-state index contributed by atoms with van der Waals surface area (Å²) in [5.41, 5.74) is 2.30. The SMILES string of the molecule is Cc1cccc(CS(=O)CCCCCC(=O)O)c1. The van der Waals surface area contributed by atoms with E-state index < -0.39 is 16.8 Å². The highest BCUT2D eigenvalue weighted by molar-refractivity contribution is 7.84. The van der Waals surface area contributed by atoms with Crippen molar-refractivity contribution in [1.82, 2.24) is 0 Å². The summed E-state index contributed by atoms with van der Waals surface area (Å²) in [6.45, 7) is 2.03. The van der Waals surface area contributed by atoms with Crippen LogP contribution in [-0.4, -0.2) is 21.0 Å². The van der Waals surface area contributed by atoms with Crippen LogP contribution in [-0.2, 0) is 21.3 Å². The second-order valence-corrected chi connectivity index (χ2v) is 6.06. The molecule has 0 aliphatic rings. The zero-order valence-corrected chi connectivity index (χ0v) is 11.5. The van der Waals surface area contributed by atoms with Crippen molar-refractivity contribution in [2.24, 2.45) is 0 Å². The first-order chi connectivity index (χ1) is 8.58. The first kappa shape index (κ1) is 14.9. The summed E-state index contributed by atoms with van der Waals surface area (Å²) in [4.78, 5) is 10.3. The van der Waals surface area contributed by atoms with Crippen molar-refractivity contribution in [3.05, 3.63) is 35.4 Å². The molecular formula is C14H20O3S. The van der Waals surface area contributed by atoms with E-state index in [4.69, 9.17) is 5.11 Å². The van der Waals surface area contributed by atoms with Gasteiger partial charge in [0.15, 0.2) is 0 Å². The molecule has 1 unspecified atom stereocenters. The third kappa shape index (κ3) is 6.55. The van der Waals surface area contributed by atoms with Gasteiger partial charge in [0, 0.05) is 28.7 Å². The molecule has 100 valence electrons. The number of aryl methyl sites for hydroxylation is 1. The monoisotopic (exact) mass is 268 g/mol. The predicted molar refractivity (Wildman–Crippen MR) is 74.0 cm³/mol. The van der Waals surface area contributed by atoms with Crippen molar-refractivity contribution < 1.29 is 14.1 Å². The molecule has 0 saturated heterocycles. The Morgan fingerprint density at radius 2 is 2.06 bits per heavy atom. The predicted octanol–water partition coefficient (Wildman–Crippen LogP) is 2.89. The van der Waals surface area contributed by atoms with Crippen LogP contribution < -0.4 is 0 Å². The number of hydrogen-bond donors (Lipinski definition) is 1. The van der Waals surface area contributed by atoms with Gasteiger partial charge in [-0.1, -0.05) is 36.2 Å². The Kier molecular flexibility index (Phi) is 6.65. The summed E-state index contributed by atoms with van der Waals surface area (Å²) in [7, 11) is -0.841. The Labute approximate surface area is 111 Å². The quantitative estimate of drug-likeness (QED) is 0.738. The lowest BCUT2D eigenvalue weighted by atomic mass is 10.2. The van der Waals surface area contributed by atoms with Crippen LogP contribution in [0.5, 0.6) is 0 Å². The summed E-state index contributed by atoms with van der Waals surface area (Å²) in [6, 6.07) is 8.06. The van der Waals surface area contributed by atoms with Crippen molar-refractivity contribution in [2.45, 2.75) is 38.4 Å². The summed E-state index contributed by atoms with van der Waals surface area (Å²) in [5.74, 6) is 0.504. The molecule has 4 heteroatoms. The van der Waals surface area contributed by atoms with Crippen molar-refractivity contribution in [3.8, 4) is 0 Å². The molecule has 0 aliphatic carbocycles. The number of aliphatic carboxylic acids is 1. The van der Waals surface area contributed by atoms with E-state index in [1.807, 2.05) is 25.1 Å². The second-order valence-electron chi connectivity index (χ2n) is 4.48. The maximum Gasteiger partial charge on any atom is 0.303 e. The van der Waals surface area contributed by atoms with Crippen molar-refractivity contribution in [2.75, 3.05) is 5.75 Å². The number of carbonyl (C=O) groups is 1. The fourth-order valence-electron chi connectivity index (χ4n) is 1.78. The first-order valence-corrected chi connectivity index (χ1v) is 7.69. The van der Waals surface area contributed by atoms with Crippen LogP contribution in [0, 0.1) is 6.92 Å². The third-order valence-corrected chi connectivity index (χ3v) is 4.07. The third-order valence-electron chi connectivity index (χ3n) is 2.67. The number of unbranched alkanes of at least 4 members (excludes halogenated alkanes) is 2. The zero-order chi connectivity index (χ0) is 13.4. The minimum absolute atomic E-state index is 0.213. The molecule has 1 aromatic carbocycles. The molecule has 0 aliphatic heterocycles. The van der Waals surface area contributed by atoms with Gasteiger partial charge < -0.3 is 5.11 Å². The Morgan fingerprint density at radius 3 is 2.72 bits per heavy atom. The average Bonchev–Trinajstić information content (AvgIpc) is 2.28. The van der Waals surface area contributed by atoms with Gasteiger partial charge in [-0.3, -0.25) is 9.00 Å². The molecule has 0 radical (unpaired) electrons. The largest absolute Gasteiger partial charge is 0.481 e. The molecule has 1 rings (SSSR count). The van der Waals surface area contributed by atoms with E-state index in [1.165, 1.54) is 5.56 Å². The summed E-state index contributed by atoms with van der Waals surface area (Å²) < 4.78 is 11.8. The highest BCUT2D eigenvalue weighted by Crippen LogP contribution is 2.08. The molecule has 1 atom stereocenters. The van der Waals surface area contributed by atoms with Crippen molar-refractivity contribution in [1.29, 1.82) is 0 Å². The number of carboxylic acid groups (broad SMARTS) is 1. The van der Waals surface area contributed by atoms with Crippen LogP contribution in [0.2, 0.25) is 0 Å². The minimum atomic E-state index is -0.841. The molecule has 0 bridgehead atoms. The number of rotatable bonds is 8. The smallest absolute Gasteiger partial charge is 0.303 e. The molecule has 1 aromatic rings. The standard InChI is InChI=1S/C14H20O3S/c1-12-6-5-7-13(10-12)11-18(17)9-4-2-3-8-14(15)16/h5-7,10H,2-4,8-9,11H2,1H3,(H,15,16). The number of hydrogen-bond acceptors (Lipinski definition) is 2. The van der Waals surface area contributed by atoms with Crippen molar-refractivity contribution >= 4 is 16.8 Å². The van der Waals surface area contributed by atoms with Gasteiger partial charge in [0.25, 0.3) is 0 Å². The maximum absolute atomic E-state index is 11.8. The lowest BCUT2D eigenvalue weighted by Crippen LogP contribution is -2.02.